The standard InChI is InChI=1S/C15H19BrF3N5O/c1-9-7-12(15(17,18)19)24(21-9)8-13(25)20-5-4-6-23-11(3)14(16)10(2)22-23/h7H,4-6,8H2,1-3H3,(H,20,25). The minimum atomic E-state index is -4.54. The van der Waals surface area contributed by atoms with Crippen molar-refractivity contribution in [1.29, 1.82) is 0 Å². The molecule has 2 aromatic rings. The van der Waals surface area contributed by atoms with Gasteiger partial charge in [-0.1, -0.05) is 0 Å². The van der Waals surface area contributed by atoms with Crippen LogP contribution in [0.1, 0.15) is 29.2 Å². The number of nitrogens with one attached hydrogen (secondary N) is 1. The number of halogens is 4. The Labute approximate surface area is 151 Å². The smallest absolute Gasteiger partial charge is 0.354 e. The highest BCUT2D eigenvalue weighted by atomic mass is 79.9. The van der Waals surface area contributed by atoms with Crippen LogP contribution in [0.2, 0.25) is 0 Å². The molecule has 0 fully saturated rings. The van der Waals surface area contributed by atoms with Crippen LogP contribution in [-0.4, -0.2) is 32.0 Å². The Morgan fingerprint density at radius 3 is 2.48 bits per heavy atom. The topological polar surface area (TPSA) is 64.7 Å². The van der Waals surface area contributed by atoms with E-state index < -0.39 is 24.3 Å². The molecule has 2 aromatic heterocycles. The fraction of sp³-hybridized carbons (Fsp3) is 0.533. The van der Waals surface area contributed by atoms with Gasteiger partial charge in [-0.25, -0.2) is 0 Å². The Morgan fingerprint density at radius 2 is 1.92 bits per heavy atom. The highest BCUT2D eigenvalue weighted by molar-refractivity contribution is 9.10. The fourth-order valence-electron chi connectivity index (χ4n) is 2.44. The van der Waals surface area contributed by atoms with Crippen LogP contribution in [0.5, 0.6) is 0 Å². The first-order valence-electron chi connectivity index (χ1n) is 7.67. The lowest BCUT2D eigenvalue weighted by Gasteiger charge is -2.11. The summed E-state index contributed by atoms with van der Waals surface area (Å²) < 4.78 is 42.1. The molecule has 0 saturated carbocycles. The largest absolute Gasteiger partial charge is 0.433 e. The van der Waals surface area contributed by atoms with Gasteiger partial charge in [-0.15, -0.1) is 0 Å². The Balaban J connectivity index is 1.84. The van der Waals surface area contributed by atoms with E-state index in [9.17, 15) is 18.0 Å². The van der Waals surface area contributed by atoms with Gasteiger partial charge in [-0.3, -0.25) is 14.2 Å². The number of carbonyl (C=O) groups excluding carboxylic acids is 1. The predicted octanol–water partition coefficient (Wildman–Crippen LogP) is 2.99. The SMILES string of the molecule is Cc1cc(C(F)(F)F)n(CC(=O)NCCCn2nc(C)c(Br)c2C)n1. The number of aryl methyl sites for hydroxylation is 3. The van der Waals surface area contributed by atoms with Crippen molar-refractivity contribution in [3.63, 3.8) is 0 Å². The van der Waals surface area contributed by atoms with Crippen molar-refractivity contribution in [1.82, 2.24) is 24.9 Å². The molecule has 0 aliphatic heterocycles. The van der Waals surface area contributed by atoms with Gasteiger partial charge in [0, 0.05) is 18.8 Å². The molecule has 2 rings (SSSR count). The number of carbonyl (C=O) groups is 1. The molecule has 0 aliphatic rings. The summed E-state index contributed by atoms with van der Waals surface area (Å²) in [5.74, 6) is -0.511. The van der Waals surface area contributed by atoms with Crippen molar-refractivity contribution in [3.8, 4) is 0 Å². The van der Waals surface area contributed by atoms with Crippen molar-refractivity contribution in [2.24, 2.45) is 0 Å². The average molecular weight is 422 g/mol. The molecule has 1 N–H and O–H groups in total. The summed E-state index contributed by atoms with van der Waals surface area (Å²) in [6, 6.07) is 0.925. The molecule has 0 radical (unpaired) electrons. The second kappa shape index (κ2) is 7.59. The van der Waals surface area contributed by atoms with Gasteiger partial charge in [0.2, 0.25) is 5.91 Å². The average Bonchev–Trinajstić information content (AvgIpc) is 2.99. The molecule has 0 aromatic carbocycles. The number of nitrogens with zero attached hydrogens (tertiary/aromatic N) is 4. The third-order valence-electron chi connectivity index (χ3n) is 3.65. The maximum Gasteiger partial charge on any atom is 0.433 e. The van der Waals surface area contributed by atoms with E-state index in [-0.39, 0.29) is 5.69 Å². The van der Waals surface area contributed by atoms with E-state index in [0.29, 0.717) is 24.2 Å². The minimum absolute atomic E-state index is 0.218. The maximum atomic E-state index is 12.9. The van der Waals surface area contributed by atoms with Gasteiger partial charge >= 0.3 is 6.18 Å². The minimum Gasteiger partial charge on any atom is -0.354 e. The zero-order valence-electron chi connectivity index (χ0n) is 14.1. The molecular formula is C15H19BrF3N5O. The van der Waals surface area contributed by atoms with Crippen molar-refractivity contribution in [3.05, 3.63) is 33.3 Å². The van der Waals surface area contributed by atoms with Gasteiger partial charge < -0.3 is 5.32 Å². The molecule has 2 heterocycles. The first-order valence-corrected chi connectivity index (χ1v) is 8.46. The summed E-state index contributed by atoms with van der Waals surface area (Å²) >= 11 is 3.44. The molecule has 6 nitrogen and oxygen atoms in total. The normalized spacial score (nSPS) is 11.8. The van der Waals surface area contributed by atoms with Crippen LogP contribution in [0.3, 0.4) is 0 Å². The Kier molecular flexibility index (Phi) is 5.91. The van der Waals surface area contributed by atoms with Crippen LogP contribution in [0.15, 0.2) is 10.5 Å². The Bertz CT molecular complexity index is 766. The Morgan fingerprint density at radius 1 is 1.24 bits per heavy atom. The number of alkyl halides is 3. The second-order valence-corrected chi connectivity index (χ2v) is 6.53. The maximum absolute atomic E-state index is 12.9. The van der Waals surface area contributed by atoms with Crippen LogP contribution in [0.4, 0.5) is 13.2 Å². The highest BCUT2D eigenvalue weighted by Crippen LogP contribution is 2.29. The summed E-state index contributed by atoms with van der Waals surface area (Å²) in [5, 5.41) is 10.7. The summed E-state index contributed by atoms with van der Waals surface area (Å²) in [6.07, 6.45) is -3.92. The molecule has 1 amide bonds. The van der Waals surface area contributed by atoms with E-state index in [4.69, 9.17) is 0 Å². The molecule has 0 atom stereocenters. The third-order valence-corrected chi connectivity index (χ3v) is 4.80. The van der Waals surface area contributed by atoms with E-state index in [1.54, 1.807) is 0 Å². The van der Waals surface area contributed by atoms with Crippen LogP contribution in [0, 0.1) is 20.8 Å². The van der Waals surface area contributed by atoms with E-state index in [1.807, 2.05) is 18.5 Å². The lowest BCUT2D eigenvalue weighted by atomic mass is 10.3. The monoisotopic (exact) mass is 421 g/mol. The summed E-state index contributed by atoms with van der Waals surface area (Å²) in [5.41, 5.74) is 1.17. The van der Waals surface area contributed by atoms with Gasteiger partial charge in [0.25, 0.3) is 0 Å². The fourth-order valence-corrected chi connectivity index (χ4v) is 2.72. The lowest BCUT2D eigenvalue weighted by Crippen LogP contribution is -2.31. The zero-order valence-corrected chi connectivity index (χ0v) is 15.7. The molecule has 0 saturated heterocycles. The number of aromatic nitrogens is 4. The van der Waals surface area contributed by atoms with E-state index in [0.717, 1.165) is 21.9 Å². The molecule has 138 valence electrons. The van der Waals surface area contributed by atoms with Gasteiger partial charge in [0.05, 0.1) is 15.9 Å². The van der Waals surface area contributed by atoms with Crippen molar-refractivity contribution < 1.29 is 18.0 Å². The number of hydrogen-bond donors (Lipinski definition) is 1. The van der Waals surface area contributed by atoms with Crippen molar-refractivity contribution in [2.75, 3.05) is 6.54 Å². The van der Waals surface area contributed by atoms with E-state index >= 15 is 0 Å². The van der Waals surface area contributed by atoms with Gasteiger partial charge in [-0.2, -0.15) is 23.4 Å². The van der Waals surface area contributed by atoms with Crippen molar-refractivity contribution in [2.45, 2.75) is 46.5 Å². The summed E-state index contributed by atoms with van der Waals surface area (Å²) in [6.45, 7) is 5.76. The molecule has 0 bridgehead atoms. The van der Waals surface area contributed by atoms with Crippen molar-refractivity contribution >= 4 is 21.8 Å². The molecular weight excluding hydrogens is 403 g/mol. The van der Waals surface area contributed by atoms with Crippen LogP contribution < -0.4 is 5.32 Å². The molecule has 25 heavy (non-hydrogen) atoms. The number of hydrogen-bond acceptors (Lipinski definition) is 3. The Hall–Kier alpha value is -1.84. The molecule has 0 unspecified atom stereocenters. The molecule has 0 spiro atoms. The van der Waals surface area contributed by atoms with Crippen LogP contribution in [-0.2, 0) is 24.1 Å². The predicted molar refractivity (Wildman–Crippen MR) is 89.0 cm³/mol. The van der Waals surface area contributed by atoms with Gasteiger partial charge in [0.1, 0.15) is 12.2 Å². The summed E-state index contributed by atoms with van der Waals surface area (Å²) in [4.78, 5) is 11.9. The van der Waals surface area contributed by atoms with Gasteiger partial charge in [0.15, 0.2) is 0 Å². The lowest BCUT2D eigenvalue weighted by molar-refractivity contribution is -0.144. The molecule has 10 heteroatoms. The van der Waals surface area contributed by atoms with Gasteiger partial charge in [-0.05, 0) is 49.2 Å². The first kappa shape index (κ1) is 19.5. The van der Waals surface area contributed by atoms with Crippen LogP contribution >= 0.6 is 15.9 Å². The first-order chi connectivity index (χ1) is 11.6. The number of amides is 1. The third kappa shape index (κ3) is 4.83. The summed E-state index contributed by atoms with van der Waals surface area (Å²) in [7, 11) is 0. The zero-order chi connectivity index (χ0) is 18.8. The quantitative estimate of drug-likeness (QED) is 0.729. The second-order valence-electron chi connectivity index (χ2n) is 5.74. The molecule has 0 aliphatic carbocycles. The number of rotatable bonds is 6. The van der Waals surface area contributed by atoms with Crippen LogP contribution in [0.25, 0.3) is 0 Å². The van der Waals surface area contributed by atoms with E-state index in [1.165, 1.54) is 6.92 Å². The van der Waals surface area contributed by atoms with E-state index in [2.05, 4.69) is 31.4 Å². The highest BCUT2D eigenvalue weighted by Gasteiger charge is 2.35.